The second kappa shape index (κ2) is 11.3. The average molecular weight is 481 g/mol. The number of benzene rings is 2. The predicted molar refractivity (Wildman–Crippen MR) is 129 cm³/mol. The predicted octanol–water partition coefficient (Wildman–Crippen LogP) is 3.53. The van der Waals surface area contributed by atoms with Gasteiger partial charge < -0.3 is 19.5 Å². The number of halogens is 1. The summed E-state index contributed by atoms with van der Waals surface area (Å²) in [5, 5.41) is 11.1. The third-order valence-electron chi connectivity index (χ3n) is 6.21. The van der Waals surface area contributed by atoms with Crippen LogP contribution in [0.3, 0.4) is 0 Å². The van der Waals surface area contributed by atoms with E-state index < -0.39 is 23.5 Å². The minimum atomic E-state index is -1.02. The lowest BCUT2D eigenvalue weighted by Gasteiger charge is -2.29. The number of morpholine rings is 1. The normalized spacial score (nSPS) is 20.3. The largest absolute Gasteiger partial charge is 0.507 e. The van der Waals surface area contributed by atoms with E-state index >= 15 is 0 Å². The van der Waals surface area contributed by atoms with Gasteiger partial charge in [0.05, 0.1) is 24.8 Å². The van der Waals surface area contributed by atoms with Gasteiger partial charge in [-0.2, -0.15) is 0 Å². The highest BCUT2D eigenvalue weighted by atomic mass is 19.1. The van der Waals surface area contributed by atoms with Gasteiger partial charge in [0.15, 0.2) is 0 Å². The third-order valence-corrected chi connectivity index (χ3v) is 6.21. The molecule has 0 saturated carbocycles. The van der Waals surface area contributed by atoms with Crippen LogP contribution in [0.5, 0.6) is 5.75 Å². The second-order valence-corrected chi connectivity index (χ2v) is 8.45. The highest BCUT2D eigenvalue weighted by molar-refractivity contribution is 6.46. The number of nitrogens with zero attached hydrogens (tertiary/aromatic N) is 2. The molecular formula is C27H29FN2O5. The summed E-state index contributed by atoms with van der Waals surface area (Å²) in [6.07, 6.45) is 2.22. The average Bonchev–Trinajstić information content (AvgIpc) is 3.13. The molecule has 8 heteroatoms. The van der Waals surface area contributed by atoms with E-state index in [-0.39, 0.29) is 23.4 Å². The standard InChI is InChI=1S/C27H29FN2O5/c1-2-16-35-20-10-8-19(9-11-20)25(31)23-24(21-6-3-4-7-22(21)28)30(27(33)26(23)32)13-5-12-29-14-17-34-18-15-29/h2-4,6-11,24,31H,1,5,12-18H2/b25-23-. The molecule has 1 unspecified atom stereocenters. The van der Waals surface area contributed by atoms with Crippen LogP contribution in [0.2, 0.25) is 0 Å². The number of ketones is 1. The number of carbonyl (C=O) groups excluding carboxylic acids is 2. The summed E-state index contributed by atoms with van der Waals surface area (Å²) in [7, 11) is 0. The molecule has 184 valence electrons. The Hall–Kier alpha value is -3.49. The molecule has 0 radical (unpaired) electrons. The number of amides is 1. The Labute approximate surface area is 204 Å². The van der Waals surface area contributed by atoms with Gasteiger partial charge in [0.25, 0.3) is 11.7 Å². The SMILES string of the molecule is C=CCOc1ccc(/C(O)=C2/C(=O)C(=O)N(CCCN3CCOCC3)C2c2ccccc2F)cc1. The van der Waals surface area contributed by atoms with Crippen LogP contribution in [-0.2, 0) is 14.3 Å². The molecule has 7 nitrogen and oxygen atoms in total. The molecule has 4 rings (SSSR count). The molecule has 2 aromatic rings. The molecule has 2 aliphatic rings. The van der Waals surface area contributed by atoms with Gasteiger partial charge in [-0.05, 0) is 36.8 Å². The molecule has 2 aromatic carbocycles. The van der Waals surface area contributed by atoms with Crippen LogP contribution in [-0.4, -0.2) is 72.6 Å². The maximum absolute atomic E-state index is 14.9. The number of carbonyl (C=O) groups is 2. The molecule has 35 heavy (non-hydrogen) atoms. The quantitative estimate of drug-likeness (QED) is 0.256. The molecule has 2 heterocycles. The molecule has 0 bridgehead atoms. The Morgan fingerprint density at radius 3 is 2.51 bits per heavy atom. The van der Waals surface area contributed by atoms with E-state index in [0.29, 0.717) is 37.6 Å². The third kappa shape index (κ3) is 5.44. The van der Waals surface area contributed by atoms with Crippen molar-refractivity contribution < 1.29 is 28.6 Å². The van der Waals surface area contributed by atoms with Crippen molar-refractivity contribution in [1.82, 2.24) is 9.80 Å². The summed E-state index contributed by atoms with van der Waals surface area (Å²) < 4.78 is 25.7. The molecule has 0 aliphatic carbocycles. The van der Waals surface area contributed by atoms with E-state index in [1.54, 1.807) is 48.5 Å². The van der Waals surface area contributed by atoms with Gasteiger partial charge in [-0.25, -0.2) is 4.39 Å². The Morgan fingerprint density at radius 2 is 1.83 bits per heavy atom. The van der Waals surface area contributed by atoms with Crippen LogP contribution in [0, 0.1) is 5.82 Å². The van der Waals surface area contributed by atoms with E-state index in [1.165, 1.54) is 11.0 Å². The smallest absolute Gasteiger partial charge is 0.295 e. The van der Waals surface area contributed by atoms with Crippen molar-refractivity contribution >= 4 is 17.4 Å². The Bertz CT molecular complexity index is 1110. The van der Waals surface area contributed by atoms with Crippen molar-refractivity contribution in [2.45, 2.75) is 12.5 Å². The molecule has 1 N–H and O–H groups in total. The topological polar surface area (TPSA) is 79.3 Å². The number of hydrogen-bond donors (Lipinski definition) is 1. The van der Waals surface area contributed by atoms with Crippen LogP contribution in [0.1, 0.15) is 23.6 Å². The highest BCUT2D eigenvalue weighted by Gasteiger charge is 2.46. The zero-order chi connectivity index (χ0) is 24.8. The van der Waals surface area contributed by atoms with Crippen LogP contribution in [0.15, 0.2) is 66.8 Å². The van der Waals surface area contributed by atoms with E-state index in [1.807, 2.05) is 0 Å². The summed E-state index contributed by atoms with van der Waals surface area (Å²) in [6, 6.07) is 11.5. The molecule has 2 aliphatic heterocycles. The van der Waals surface area contributed by atoms with Gasteiger partial charge in [-0.1, -0.05) is 30.9 Å². The van der Waals surface area contributed by atoms with Crippen molar-refractivity contribution in [3.63, 3.8) is 0 Å². The van der Waals surface area contributed by atoms with E-state index in [4.69, 9.17) is 9.47 Å². The van der Waals surface area contributed by atoms with Crippen LogP contribution < -0.4 is 4.74 Å². The van der Waals surface area contributed by atoms with E-state index in [9.17, 15) is 19.1 Å². The molecule has 0 spiro atoms. The summed E-state index contributed by atoms with van der Waals surface area (Å²) >= 11 is 0. The Kier molecular flexibility index (Phi) is 7.94. The summed E-state index contributed by atoms with van der Waals surface area (Å²) in [6.45, 7) is 7.85. The molecule has 1 atom stereocenters. The fraction of sp³-hybridized carbons (Fsp3) is 0.333. The first-order valence-corrected chi connectivity index (χ1v) is 11.7. The lowest BCUT2D eigenvalue weighted by Crippen LogP contribution is -2.39. The van der Waals surface area contributed by atoms with Gasteiger partial charge >= 0.3 is 0 Å². The van der Waals surface area contributed by atoms with Crippen molar-refractivity contribution in [1.29, 1.82) is 0 Å². The maximum Gasteiger partial charge on any atom is 0.295 e. The van der Waals surface area contributed by atoms with Crippen LogP contribution in [0.25, 0.3) is 5.76 Å². The maximum atomic E-state index is 14.9. The summed E-state index contributed by atoms with van der Waals surface area (Å²) in [5.74, 6) is -1.89. The molecule has 2 saturated heterocycles. The van der Waals surface area contributed by atoms with Crippen molar-refractivity contribution in [2.75, 3.05) is 46.0 Å². The number of ether oxygens (including phenoxy) is 2. The van der Waals surface area contributed by atoms with E-state index in [0.717, 1.165) is 19.6 Å². The highest BCUT2D eigenvalue weighted by Crippen LogP contribution is 2.40. The number of likely N-dealkylation sites (tertiary alicyclic amines) is 1. The first kappa shape index (κ1) is 24.6. The minimum Gasteiger partial charge on any atom is -0.507 e. The molecule has 0 aromatic heterocycles. The summed E-state index contributed by atoms with van der Waals surface area (Å²) in [4.78, 5) is 29.8. The number of rotatable bonds is 9. The van der Waals surface area contributed by atoms with Crippen molar-refractivity contribution in [3.05, 3.63) is 83.7 Å². The monoisotopic (exact) mass is 480 g/mol. The first-order valence-electron chi connectivity index (χ1n) is 11.7. The zero-order valence-corrected chi connectivity index (χ0v) is 19.5. The van der Waals surface area contributed by atoms with Crippen LogP contribution in [0.4, 0.5) is 4.39 Å². The van der Waals surface area contributed by atoms with Gasteiger partial charge in [0, 0.05) is 37.3 Å². The minimum absolute atomic E-state index is 0.119. The van der Waals surface area contributed by atoms with Gasteiger partial charge in [-0.15, -0.1) is 0 Å². The lowest BCUT2D eigenvalue weighted by atomic mass is 9.95. The first-order chi connectivity index (χ1) is 17.0. The Balaban J connectivity index is 1.65. The van der Waals surface area contributed by atoms with Crippen molar-refractivity contribution in [2.24, 2.45) is 0 Å². The molecule has 2 fully saturated rings. The number of aliphatic hydroxyl groups excluding tert-OH is 1. The number of aliphatic hydroxyl groups is 1. The fourth-order valence-corrected chi connectivity index (χ4v) is 4.44. The van der Waals surface area contributed by atoms with Crippen LogP contribution >= 0.6 is 0 Å². The Morgan fingerprint density at radius 1 is 1.11 bits per heavy atom. The number of hydrogen-bond acceptors (Lipinski definition) is 6. The van der Waals surface area contributed by atoms with Crippen molar-refractivity contribution in [3.8, 4) is 5.75 Å². The van der Waals surface area contributed by atoms with E-state index in [2.05, 4.69) is 11.5 Å². The number of Topliss-reactive ketones (excluding diaryl/α,β-unsaturated/α-hetero) is 1. The van der Waals surface area contributed by atoms with Gasteiger partial charge in [0.1, 0.15) is 23.9 Å². The summed E-state index contributed by atoms with van der Waals surface area (Å²) in [5.41, 5.74) is 0.389. The molecule has 1 amide bonds. The zero-order valence-electron chi connectivity index (χ0n) is 19.5. The second-order valence-electron chi connectivity index (χ2n) is 8.45. The fourth-order valence-electron chi connectivity index (χ4n) is 4.44. The lowest BCUT2D eigenvalue weighted by molar-refractivity contribution is -0.140. The van der Waals surface area contributed by atoms with Gasteiger partial charge in [0.2, 0.25) is 0 Å². The molecular weight excluding hydrogens is 451 g/mol. The van der Waals surface area contributed by atoms with Gasteiger partial charge in [-0.3, -0.25) is 14.5 Å².